The van der Waals surface area contributed by atoms with Gasteiger partial charge in [-0.05, 0) is 29.7 Å². The fourth-order valence-electron chi connectivity index (χ4n) is 1.91. The van der Waals surface area contributed by atoms with E-state index < -0.39 is 0 Å². The van der Waals surface area contributed by atoms with Gasteiger partial charge in [0.05, 0.1) is 6.54 Å². The summed E-state index contributed by atoms with van der Waals surface area (Å²) in [6.45, 7) is 1.12. The topological polar surface area (TPSA) is 63.7 Å². The van der Waals surface area contributed by atoms with Crippen LogP contribution in [0.5, 0.6) is 0 Å². The van der Waals surface area contributed by atoms with Crippen molar-refractivity contribution in [3.05, 3.63) is 35.5 Å². The predicted octanol–water partition coefficient (Wildman–Crippen LogP) is 0.487. The summed E-state index contributed by atoms with van der Waals surface area (Å²) in [7, 11) is 0. The molecule has 1 aromatic heterocycles. The quantitative estimate of drug-likeness (QED) is 0.668. The highest BCUT2D eigenvalue weighted by atomic mass is 16.2. The first-order valence-corrected chi connectivity index (χ1v) is 5.34. The van der Waals surface area contributed by atoms with Crippen LogP contribution in [0.4, 0.5) is 0 Å². The number of hydrogen-bond donors (Lipinski definition) is 3. The van der Waals surface area contributed by atoms with Gasteiger partial charge in [0, 0.05) is 30.1 Å². The van der Waals surface area contributed by atoms with Gasteiger partial charge < -0.3 is 15.8 Å². The molecule has 0 bridgehead atoms. The maximum absolute atomic E-state index is 8.90. The highest BCUT2D eigenvalue weighted by Gasteiger charge is 2.04. The van der Waals surface area contributed by atoms with E-state index in [0.717, 1.165) is 19.4 Å². The van der Waals surface area contributed by atoms with Crippen molar-refractivity contribution in [2.24, 2.45) is 0 Å². The zero-order chi connectivity index (χ0) is 10.7. The lowest BCUT2D eigenvalue weighted by atomic mass is 10.1. The lowest BCUT2D eigenvalue weighted by Gasteiger charge is -2.00. The Labute approximate surface area is 88.9 Å². The molecule has 0 fully saturated rings. The smallest absolute Gasteiger partial charge is 0.0781 e. The van der Waals surface area contributed by atoms with Crippen molar-refractivity contribution in [1.29, 1.82) is 0 Å². The Bertz CT molecular complexity index is 448. The minimum absolute atomic E-state index is 0.209. The molecule has 0 unspecified atom stereocenters. The summed E-state index contributed by atoms with van der Waals surface area (Å²) in [5.41, 5.74) is 7.55. The molecular formula is C12H17N2O+. The molecule has 0 aliphatic heterocycles. The molecule has 15 heavy (non-hydrogen) atoms. The van der Waals surface area contributed by atoms with Crippen LogP contribution in [0.2, 0.25) is 0 Å². The van der Waals surface area contributed by atoms with E-state index in [-0.39, 0.29) is 6.61 Å². The molecule has 0 radical (unpaired) electrons. The molecule has 0 saturated carbocycles. The first-order valence-electron chi connectivity index (χ1n) is 5.34. The third-order valence-electron chi connectivity index (χ3n) is 2.68. The van der Waals surface area contributed by atoms with Crippen LogP contribution in [-0.2, 0) is 12.8 Å². The van der Waals surface area contributed by atoms with Crippen molar-refractivity contribution in [1.82, 2.24) is 4.98 Å². The van der Waals surface area contributed by atoms with E-state index in [2.05, 4.69) is 35.1 Å². The van der Waals surface area contributed by atoms with Gasteiger partial charge in [-0.2, -0.15) is 0 Å². The van der Waals surface area contributed by atoms with E-state index in [1.807, 2.05) is 0 Å². The third kappa shape index (κ3) is 2.03. The number of rotatable bonds is 4. The number of hydrogen-bond acceptors (Lipinski definition) is 1. The average molecular weight is 205 g/mol. The lowest BCUT2D eigenvalue weighted by molar-refractivity contribution is -0.366. The maximum Gasteiger partial charge on any atom is 0.0781 e. The summed E-state index contributed by atoms with van der Waals surface area (Å²) < 4.78 is 0. The van der Waals surface area contributed by atoms with E-state index >= 15 is 0 Å². The van der Waals surface area contributed by atoms with Gasteiger partial charge in [0.15, 0.2) is 0 Å². The number of aromatic nitrogens is 1. The first-order chi connectivity index (χ1) is 7.35. The number of aromatic amines is 1. The molecule has 1 aromatic carbocycles. The van der Waals surface area contributed by atoms with Gasteiger partial charge in [0.2, 0.25) is 0 Å². The van der Waals surface area contributed by atoms with Crippen molar-refractivity contribution < 1.29 is 10.8 Å². The molecule has 2 aromatic rings. The fraction of sp³-hybridized carbons (Fsp3) is 0.333. The number of aliphatic hydroxyl groups is 1. The van der Waals surface area contributed by atoms with Crippen molar-refractivity contribution in [2.75, 3.05) is 13.2 Å². The Hall–Kier alpha value is -1.32. The van der Waals surface area contributed by atoms with Gasteiger partial charge in [0.1, 0.15) is 0 Å². The second kappa shape index (κ2) is 4.47. The molecule has 0 saturated heterocycles. The third-order valence-corrected chi connectivity index (χ3v) is 2.68. The van der Waals surface area contributed by atoms with Gasteiger partial charge >= 0.3 is 0 Å². The van der Waals surface area contributed by atoms with Crippen molar-refractivity contribution in [3.63, 3.8) is 0 Å². The highest BCUT2D eigenvalue weighted by Crippen LogP contribution is 2.20. The van der Waals surface area contributed by atoms with E-state index in [1.54, 1.807) is 0 Å². The summed E-state index contributed by atoms with van der Waals surface area (Å²) in [5, 5.41) is 10.2. The Kier molecular flexibility index (Phi) is 3.04. The van der Waals surface area contributed by atoms with Gasteiger partial charge in [0.25, 0.3) is 0 Å². The Morgan fingerprint density at radius 1 is 1.27 bits per heavy atom. The van der Waals surface area contributed by atoms with Crippen LogP contribution in [0.25, 0.3) is 10.9 Å². The normalized spacial score (nSPS) is 11.1. The van der Waals surface area contributed by atoms with E-state index in [0.29, 0.717) is 0 Å². The molecule has 5 N–H and O–H groups in total. The van der Waals surface area contributed by atoms with Crippen LogP contribution in [0.1, 0.15) is 11.1 Å². The number of benzene rings is 1. The summed E-state index contributed by atoms with van der Waals surface area (Å²) in [4.78, 5) is 3.25. The molecule has 1 heterocycles. The maximum atomic E-state index is 8.90. The Morgan fingerprint density at radius 3 is 2.87 bits per heavy atom. The second-order valence-corrected chi connectivity index (χ2v) is 3.77. The number of aliphatic hydroxyl groups excluding tert-OH is 1. The summed E-state index contributed by atoms with van der Waals surface area (Å²) in [6, 6.07) is 6.29. The number of quaternary nitrogens is 1. The summed E-state index contributed by atoms with van der Waals surface area (Å²) in [6.07, 6.45) is 3.78. The van der Waals surface area contributed by atoms with Crippen LogP contribution in [0.15, 0.2) is 24.4 Å². The second-order valence-electron chi connectivity index (χ2n) is 3.77. The van der Waals surface area contributed by atoms with Gasteiger partial charge in [-0.3, -0.25) is 0 Å². The fourth-order valence-corrected chi connectivity index (χ4v) is 1.91. The molecule has 0 aliphatic rings. The van der Waals surface area contributed by atoms with Crippen molar-refractivity contribution in [2.45, 2.75) is 12.8 Å². The average Bonchev–Trinajstić information content (AvgIpc) is 2.63. The number of fused-ring (bicyclic) bond motifs is 1. The van der Waals surface area contributed by atoms with E-state index in [9.17, 15) is 0 Å². The first kappa shape index (κ1) is 10.2. The molecule has 3 heteroatoms. The van der Waals surface area contributed by atoms with Crippen LogP contribution in [-0.4, -0.2) is 23.2 Å². The molecule has 0 amide bonds. The Morgan fingerprint density at radius 2 is 2.13 bits per heavy atom. The molecule has 0 atom stereocenters. The van der Waals surface area contributed by atoms with Crippen LogP contribution in [0.3, 0.4) is 0 Å². The Balaban J connectivity index is 2.42. The van der Waals surface area contributed by atoms with Crippen LogP contribution in [0, 0.1) is 0 Å². The van der Waals surface area contributed by atoms with Crippen LogP contribution >= 0.6 is 0 Å². The summed E-state index contributed by atoms with van der Waals surface area (Å²) >= 11 is 0. The minimum Gasteiger partial charge on any atom is -0.396 e. The zero-order valence-electron chi connectivity index (χ0n) is 8.79. The summed E-state index contributed by atoms with van der Waals surface area (Å²) in [5.74, 6) is 0. The standard InChI is InChI=1S/C12H16N2O/c13-5-3-10-8-14-12-2-1-9(4-6-15)7-11(10)12/h1-2,7-8,14-15H,3-6,13H2/p+1. The number of H-pyrrole nitrogens is 1. The molecule has 2 rings (SSSR count). The van der Waals surface area contributed by atoms with E-state index in [4.69, 9.17) is 5.11 Å². The molecule has 3 nitrogen and oxygen atoms in total. The monoisotopic (exact) mass is 205 g/mol. The lowest BCUT2D eigenvalue weighted by Crippen LogP contribution is -2.51. The molecular weight excluding hydrogens is 188 g/mol. The minimum atomic E-state index is 0.209. The molecule has 0 spiro atoms. The van der Waals surface area contributed by atoms with Crippen molar-refractivity contribution >= 4 is 10.9 Å². The highest BCUT2D eigenvalue weighted by molar-refractivity contribution is 5.83. The van der Waals surface area contributed by atoms with Gasteiger partial charge in [-0.1, -0.05) is 6.07 Å². The zero-order valence-corrected chi connectivity index (χ0v) is 8.79. The van der Waals surface area contributed by atoms with Crippen LogP contribution < -0.4 is 5.73 Å². The van der Waals surface area contributed by atoms with Gasteiger partial charge in [-0.15, -0.1) is 0 Å². The SMILES string of the molecule is [NH3+]CCc1c[nH]c2ccc(CCO)cc12. The van der Waals surface area contributed by atoms with Crippen molar-refractivity contribution in [3.8, 4) is 0 Å². The molecule has 80 valence electrons. The number of nitrogens with one attached hydrogen (secondary N) is 1. The van der Waals surface area contributed by atoms with E-state index in [1.165, 1.54) is 22.0 Å². The molecule has 0 aliphatic carbocycles. The predicted molar refractivity (Wildman–Crippen MR) is 60.5 cm³/mol. The van der Waals surface area contributed by atoms with Gasteiger partial charge in [-0.25, -0.2) is 0 Å². The largest absolute Gasteiger partial charge is 0.396 e.